The van der Waals surface area contributed by atoms with Gasteiger partial charge in [-0.05, 0) is 47.9 Å². The SMILES string of the molecule is CC(C)C(CNC(=O)CC(C)(C)NC(=O)OCC1c2ccccc2-c2ccccc21)CC(=O)O. The molecule has 7 nitrogen and oxygen atoms in total. The molecular formula is C27H34N2O5. The predicted molar refractivity (Wildman–Crippen MR) is 130 cm³/mol. The topological polar surface area (TPSA) is 105 Å². The van der Waals surface area contributed by atoms with Gasteiger partial charge in [0.1, 0.15) is 6.61 Å². The Bertz CT molecular complexity index is 1000. The van der Waals surface area contributed by atoms with Crippen molar-refractivity contribution in [2.75, 3.05) is 13.2 Å². The Hall–Kier alpha value is -3.35. The molecule has 1 unspecified atom stereocenters. The van der Waals surface area contributed by atoms with Crippen molar-refractivity contribution in [3.05, 3.63) is 59.7 Å². The number of carbonyl (C=O) groups is 3. The first kappa shape index (κ1) is 25.3. The van der Waals surface area contributed by atoms with Crippen LogP contribution in [0.15, 0.2) is 48.5 Å². The molecule has 0 saturated heterocycles. The van der Waals surface area contributed by atoms with Crippen LogP contribution in [0.3, 0.4) is 0 Å². The molecule has 1 atom stereocenters. The zero-order chi connectivity index (χ0) is 24.9. The molecule has 0 aromatic heterocycles. The van der Waals surface area contributed by atoms with E-state index in [-0.39, 0.29) is 49.7 Å². The molecule has 2 aromatic rings. The van der Waals surface area contributed by atoms with Crippen LogP contribution < -0.4 is 10.6 Å². The lowest BCUT2D eigenvalue weighted by atomic mass is 9.92. The summed E-state index contributed by atoms with van der Waals surface area (Å²) < 4.78 is 5.58. The van der Waals surface area contributed by atoms with Crippen LogP contribution in [-0.4, -0.2) is 41.8 Å². The number of fused-ring (bicyclic) bond motifs is 3. The molecule has 182 valence electrons. The molecule has 1 aliphatic carbocycles. The van der Waals surface area contributed by atoms with Crippen LogP contribution in [0.5, 0.6) is 0 Å². The van der Waals surface area contributed by atoms with Crippen LogP contribution in [0.2, 0.25) is 0 Å². The maximum atomic E-state index is 12.6. The van der Waals surface area contributed by atoms with Gasteiger partial charge in [-0.25, -0.2) is 4.79 Å². The van der Waals surface area contributed by atoms with Gasteiger partial charge in [-0.2, -0.15) is 0 Å². The summed E-state index contributed by atoms with van der Waals surface area (Å²) in [7, 11) is 0. The summed E-state index contributed by atoms with van der Waals surface area (Å²) in [5.41, 5.74) is 3.76. The van der Waals surface area contributed by atoms with Crippen molar-refractivity contribution in [2.24, 2.45) is 11.8 Å². The molecule has 0 aliphatic heterocycles. The molecule has 3 rings (SSSR count). The fourth-order valence-corrected chi connectivity index (χ4v) is 4.43. The van der Waals surface area contributed by atoms with E-state index in [9.17, 15) is 14.4 Å². The molecule has 0 bridgehead atoms. The Labute approximate surface area is 200 Å². The number of aliphatic carboxylic acids is 1. The van der Waals surface area contributed by atoms with Crippen molar-refractivity contribution in [1.29, 1.82) is 0 Å². The average Bonchev–Trinajstić information content (AvgIpc) is 3.08. The highest BCUT2D eigenvalue weighted by Gasteiger charge is 2.30. The molecule has 34 heavy (non-hydrogen) atoms. The molecule has 0 saturated carbocycles. The van der Waals surface area contributed by atoms with Crippen LogP contribution in [0, 0.1) is 11.8 Å². The van der Waals surface area contributed by atoms with Crippen LogP contribution in [0.1, 0.15) is 57.6 Å². The first-order chi connectivity index (χ1) is 16.1. The molecule has 0 heterocycles. The number of carboxylic acids is 1. The predicted octanol–water partition coefficient (Wildman–Crippen LogP) is 4.56. The van der Waals surface area contributed by atoms with Gasteiger partial charge < -0.3 is 20.5 Å². The minimum Gasteiger partial charge on any atom is -0.481 e. The second-order valence-electron chi connectivity index (χ2n) is 9.92. The zero-order valence-electron chi connectivity index (χ0n) is 20.3. The fraction of sp³-hybridized carbons (Fsp3) is 0.444. The number of hydrogen-bond donors (Lipinski definition) is 3. The molecule has 7 heteroatoms. The van der Waals surface area contributed by atoms with E-state index in [1.165, 1.54) is 0 Å². The summed E-state index contributed by atoms with van der Waals surface area (Å²) >= 11 is 0. The normalized spacial score (nSPS) is 13.7. The van der Waals surface area contributed by atoms with E-state index in [4.69, 9.17) is 9.84 Å². The number of ether oxygens (including phenoxy) is 1. The first-order valence-corrected chi connectivity index (χ1v) is 11.7. The van der Waals surface area contributed by atoms with Crippen molar-refractivity contribution in [1.82, 2.24) is 10.6 Å². The first-order valence-electron chi connectivity index (χ1n) is 11.7. The second kappa shape index (κ2) is 10.7. The summed E-state index contributed by atoms with van der Waals surface area (Å²) in [4.78, 5) is 36.0. The standard InChI is InChI=1S/C27H34N2O5/c1-17(2)18(13-25(31)32)15-28-24(30)14-27(3,4)29-26(33)34-16-23-21-11-7-5-9-19(21)20-10-6-8-12-22(20)23/h5-12,17-18,23H,13-16H2,1-4H3,(H,28,30)(H,29,33)(H,31,32). The van der Waals surface area contributed by atoms with Crippen molar-refractivity contribution >= 4 is 18.0 Å². The van der Waals surface area contributed by atoms with Crippen LogP contribution >= 0.6 is 0 Å². The summed E-state index contributed by atoms with van der Waals surface area (Å²) in [6.45, 7) is 7.86. The van der Waals surface area contributed by atoms with Gasteiger partial charge in [0.25, 0.3) is 0 Å². The third kappa shape index (κ3) is 6.37. The Morgan fingerprint density at radius 2 is 1.56 bits per heavy atom. The average molecular weight is 467 g/mol. The van der Waals surface area contributed by atoms with Crippen LogP contribution in [-0.2, 0) is 14.3 Å². The number of amides is 2. The van der Waals surface area contributed by atoms with E-state index in [1.807, 2.05) is 38.1 Å². The summed E-state index contributed by atoms with van der Waals surface area (Å²) in [6, 6.07) is 16.3. The van der Waals surface area contributed by atoms with Gasteiger partial charge in [0.2, 0.25) is 5.91 Å². The van der Waals surface area contributed by atoms with Crippen molar-refractivity contribution in [3.63, 3.8) is 0 Å². The van der Waals surface area contributed by atoms with E-state index in [0.717, 1.165) is 22.3 Å². The summed E-state index contributed by atoms with van der Waals surface area (Å²) in [5, 5.41) is 14.6. The fourth-order valence-electron chi connectivity index (χ4n) is 4.43. The van der Waals surface area contributed by atoms with Crippen LogP contribution in [0.25, 0.3) is 11.1 Å². The lowest BCUT2D eigenvalue weighted by Gasteiger charge is -2.26. The maximum absolute atomic E-state index is 12.6. The Morgan fingerprint density at radius 1 is 1.00 bits per heavy atom. The lowest BCUT2D eigenvalue weighted by molar-refractivity contribution is -0.138. The van der Waals surface area contributed by atoms with Crippen LogP contribution in [0.4, 0.5) is 4.79 Å². The highest BCUT2D eigenvalue weighted by molar-refractivity contribution is 5.80. The van der Waals surface area contributed by atoms with Gasteiger partial charge in [-0.15, -0.1) is 0 Å². The molecule has 1 aliphatic rings. The Balaban J connectivity index is 1.52. The third-order valence-corrected chi connectivity index (χ3v) is 6.33. The molecule has 0 spiro atoms. The van der Waals surface area contributed by atoms with Gasteiger partial charge in [-0.3, -0.25) is 9.59 Å². The Kier molecular flexibility index (Phi) is 7.97. The van der Waals surface area contributed by atoms with Gasteiger partial charge in [0.05, 0.1) is 6.42 Å². The van der Waals surface area contributed by atoms with E-state index < -0.39 is 17.6 Å². The number of benzene rings is 2. The molecular weight excluding hydrogens is 432 g/mol. The largest absolute Gasteiger partial charge is 0.481 e. The summed E-state index contributed by atoms with van der Waals surface area (Å²) in [6.07, 6.45) is -0.528. The highest BCUT2D eigenvalue weighted by atomic mass is 16.5. The van der Waals surface area contributed by atoms with Gasteiger partial charge in [-0.1, -0.05) is 62.4 Å². The monoisotopic (exact) mass is 466 g/mol. The molecule has 0 fully saturated rings. The van der Waals surface area contributed by atoms with Gasteiger partial charge in [0.15, 0.2) is 0 Å². The number of alkyl carbamates (subject to hydrolysis) is 1. The van der Waals surface area contributed by atoms with E-state index in [2.05, 4.69) is 34.9 Å². The smallest absolute Gasteiger partial charge is 0.407 e. The number of carbonyl (C=O) groups excluding carboxylic acids is 2. The maximum Gasteiger partial charge on any atom is 0.407 e. The molecule has 2 aromatic carbocycles. The minimum absolute atomic E-state index is 0.000655. The van der Waals surface area contributed by atoms with E-state index in [0.29, 0.717) is 0 Å². The molecule has 2 amide bonds. The minimum atomic E-state index is -0.884. The zero-order valence-corrected chi connectivity index (χ0v) is 20.3. The molecule has 0 radical (unpaired) electrons. The molecule has 3 N–H and O–H groups in total. The Morgan fingerprint density at radius 3 is 2.09 bits per heavy atom. The highest BCUT2D eigenvalue weighted by Crippen LogP contribution is 2.44. The lowest BCUT2D eigenvalue weighted by Crippen LogP contribution is -2.47. The number of hydrogen-bond acceptors (Lipinski definition) is 4. The van der Waals surface area contributed by atoms with Gasteiger partial charge >= 0.3 is 12.1 Å². The van der Waals surface area contributed by atoms with Crippen molar-refractivity contribution in [3.8, 4) is 11.1 Å². The number of carboxylic acid groups (broad SMARTS) is 1. The van der Waals surface area contributed by atoms with Crippen molar-refractivity contribution < 1.29 is 24.2 Å². The van der Waals surface area contributed by atoms with Gasteiger partial charge in [0, 0.05) is 24.4 Å². The quantitative estimate of drug-likeness (QED) is 0.476. The third-order valence-electron chi connectivity index (χ3n) is 6.33. The second-order valence-corrected chi connectivity index (χ2v) is 9.92. The van der Waals surface area contributed by atoms with E-state index in [1.54, 1.807) is 13.8 Å². The summed E-state index contributed by atoms with van der Waals surface area (Å²) in [5.74, 6) is -1.19. The van der Waals surface area contributed by atoms with Crippen molar-refractivity contribution in [2.45, 2.75) is 52.0 Å². The van der Waals surface area contributed by atoms with E-state index >= 15 is 0 Å². The number of nitrogens with one attached hydrogen (secondary N) is 2. The number of rotatable bonds is 10.